The summed E-state index contributed by atoms with van der Waals surface area (Å²) in [7, 11) is -3.90. The Morgan fingerprint density at radius 1 is 1.26 bits per heavy atom. The summed E-state index contributed by atoms with van der Waals surface area (Å²) in [5, 5.41) is 9.52. The summed E-state index contributed by atoms with van der Waals surface area (Å²) in [5.74, 6) is -1.21. The van der Waals surface area contributed by atoms with Crippen LogP contribution in [0.3, 0.4) is 0 Å². The Hall–Kier alpha value is -3.49. The summed E-state index contributed by atoms with van der Waals surface area (Å²) >= 11 is 0. The average Bonchev–Trinajstić information content (AvgIpc) is 2.79. The number of esters is 1. The number of anilines is 1. The molecule has 0 unspecified atom stereocenters. The molecule has 180 valence electrons. The average molecular weight is 486 g/mol. The Balaban J connectivity index is 1.69. The maximum atomic E-state index is 12.8. The summed E-state index contributed by atoms with van der Waals surface area (Å²) in [6.45, 7) is 4.12. The highest BCUT2D eigenvalue weighted by molar-refractivity contribution is 7.89. The molecule has 11 heteroatoms. The van der Waals surface area contributed by atoms with E-state index in [-0.39, 0.29) is 36.3 Å². The van der Waals surface area contributed by atoms with Crippen LogP contribution in [0.4, 0.5) is 5.82 Å². The Labute approximate surface area is 198 Å². The number of pyridine rings is 1. The van der Waals surface area contributed by atoms with Crippen LogP contribution < -0.4 is 15.4 Å². The second kappa shape index (κ2) is 10.2. The van der Waals surface area contributed by atoms with Gasteiger partial charge >= 0.3 is 5.97 Å². The highest BCUT2D eigenvalue weighted by Crippen LogP contribution is 2.27. The van der Waals surface area contributed by atoms with Crippen LogP contribution in [0.25, 0.3) is 0 Å². The van der Waals surface area contributed by atoms with Crippen molar-refractivity contribution in [2.45, 2.75) is 38.0 Å². The van der Waals surface area contributed by atoms with E-state index in [4.69, 9.17) is 10.5 Å². The van der Waals surface area contributed by atoms with Gasteiger partial charge in [0.05, 0.1) is 34.7 Å². The van der Waals surface area contributed by atoms with Gasteiger partial charge in [-0.05, 0) is 38.3 Å². The number of carbonyl (C=O) groups is 2. The molecule has 0 saturated carbocycles. The Morgan fingerprint density at radius 2 is 1.91 bits per heavy atom. The fourth-order valence-corrected chi connectivity index (χ4v) is 4.99. The number of sulfonamides is 1. The zero-order chi connectivity index (χ0) is 24.9. The van der Waals surface area contributed by atoms with Crippen molar-refractivity contribution in [1.82, 2.24) is 9.71 Å². The minimum absolute atomic E-state index is 0.126. The number of nitrogens with two attached hydrogens (primary N) is 1. The van der Waals surface area contributed by atoms with E-state index in [1.165, 1.54) is 6.07 Å². The predicted octanol–water partition coefficient (Wildman–Crippen LogP) is 1.38. The molecular weight excluding hydrogens is 458 g/mol. The number of nitriles is 1. The number of nitrogens with zero attached hydrogens (tertiary/aromatic N) is 3. The van der Waals surface area contributed by atoms with E-state index >= 15 is 0 Å². The van der Waals surface area contributed by atoms with Gasteiger partial charge in [0, 0.05) is 13.1 Å². The number of ether oxygens (including phenoxy) is 1. The lowest BCUT2D eigenvalue weighted by atomic mass is 9.88. The maximum absolute atomic E-state index is 12.8. The number of aromatic nitrogens is 1. The first-order valence-corrected chi connectivity index (χ1v) is 12.5. The van der Waals surface area contributed by atoms with Crippen molar-refractivity contribution in [3.63, 3.8) is 0 Å². The molecule has 1 saturated heterocycles. The fraction of sp³-hybridized carbons (Fsp3) is 0.391. The predicted molar refractivity (Wildman–Crippen MR) is 125 cm³/mol. The first-order valence-electron chi connectivity index (χ1n) is 10.8. The summed E-state index contributed by atoms with van der Waals surface area (Å²) in [6, 6.07) is 12.1. The third-order valence-corrected chi connectivity index (χ3v) is 6.88. The van der Waals surface area contributed by atoms with Gasteiger partial charge in [-0.25, -0.2) is 18.2 Å². The molecule has 3 N–H and O–H groups in total. The number of hydrogen-bond acceptors (Lipinski definition) is 9. The molecule has 34 heavy (non-hydrogen) atoms. The summed E-state index contributed by atoms with van der Waals surface area (Å²) in [6.07, 6.45) is 0.365. The molecule has 1 aromatic heterocycles. The van der Waals surface area contributed by atoms with Crippen LogP contribution in [0.1, 0.15) is 46.9 Å². The number of carbonyl (C=O) groups excluding carboxylic acids is 2. The molecule has 1 fully saturated rings. The molecule has 0 bridgehead atoms. The van der Waals surface area contributed by atoms with Crippen molar-refractivity contribution in [1.29, 1.82) is 5.26 Å². The van der Waals surface area contributed by atoms with Crippen LogP contribution in [0.2, 0.25) is 0 Å². The molecule has 0 radical (unpaired) electrons. The smallest absolute Gasteiger partial charge is 0.341 e. The standard InChI is InChI=1S/C23H27N5O5S/c1-3-33-21(29)20-16(2)26-19(13-18(20)14-24)28-11-9-23(25,10-12-28)22(30)27-34(31,32)15-17-7-5-4-6-8-17/h4-8,13H,3,9-12,15,25H2,1-2H3,(H,27,30). The number of aryl methyl sites for hydroxylation is 1. The second-order valence-electron chi connectivity index (χ2n) is 8.14. The van der Waals surface area contributed by atoms with E-state index in [9.17, 15) is 23.3 Å². The highest BCUT2D eigenvalue weighted by Gasteiger charge is 2.40. The minimum atomic E-state index is -3.90. The van der Waals surface area contributed by atoms with E-state index in [2.05, 4.69) is 9.71 Å². The zero-order valence-electron chi connectivity index (χ0n) is 19.1. The summed E-state index contributed by atoms with van der Waals surface area (Å²) in [4.78, 5) is 31.2. The SMILES string of the molecule is CCOC(=O)c1c(C#N)cc(N2CCC(N)(C(=O)NS(=O)(=O)Cc3ccccc3)CC2)nc1C. The van der Waals surface area contributed by atoms with Gasteiger partial charge in [0.15, 0.2) is 0 Å². The summed E-state index contributed by atoms with van der Waals surface area (Å²) < 4.78 is 32.0. The van der Waals surface area contributed by atoms with Crippen LogP contribution in [0, 0.1) is 18.3 Å². The number of benzene rings is 1. The van der Waals surface area contributed by atoms with Gasteiger partial charge in [-0.2, -0.15) is 5.26 Å². The molecule has 0 aliphatic carbocycles. The van der Waals surface area contributed by atoms with E-state index < -0.39 is 27.4 Å². The lowest BCUT2D eigenvalue weighted by Gasteiger charge is -2.38. The van der Waals surface area contributed by atoms with Crippen molar-refractivity contribution in [3.05, 3.63) is 58.8 Å². The van der Waals surface area contributed by atoms with Crippen molar-refractivity contribution < 1.29 is 22.7 Å². The Morgan fingerprint density at radius 3 is 2.50 bits per heavy atom. The van der Waals surface area contributed by atoms with Gasteiger partial charge < -0.3 is 15.4 Å². The monoisotopic (exact) mass is 485 g/mol. The van der Waals surface area contributed by atoms with Crippen LogP contribution in [0.5, 0.6) is 0 Å². The van der Waals surface area contributed by atoms with Crippen LogP contribution in [-0.2, 0) is 25.3 Å². The maximum Gasteiger partial charge on any atom is 0.341 e. The quantitative estimate of drug-likeness (QED) is 0.553. The summed E-state index contributed by atoms with van der Waals surface area (Å²) in [5.41, 5.74) is 6.12. The molecule has 10 nitrogen and oxygen atoms in total. The lowest BCUT2D eigenvalue weighted by Crippen LogP contribution is -2.60. The number of nitrogens with one attached hydrogen (secondary N) is 1. The first kappa shape index (κ1) is 25.1. The van der Waals surface area contributed by atoms with E-state index in [1.54, 1.807) is 44.2 Å². The highest BCUT2D eigenvalue weighted by atomic mass is 32.2. The number of rotatable bonds is 7. The van der Waals surface area contributed by atoms with E-state index in [1.807, 2.05) is 11.0 Å². The van der Waals surface area contributed by atoms with Crippen molar-refractivity contribution >= 4 is 27.7 Å². The number of amides is 1. The molecule has 2 aromatic rings. The van der Waals surface area contributed by atoms with E-state index in [0.717, 1.165) is 0 Å². The molecule has 3 rings (SSSR count). The van der Waals surface area contributed by atoms with E-state index in [0.29, 0.717) is 30.2 Å². The van der Waals surface area contributed by atoms with Gasteiger partial charge in [-0.3, -0.25) is 9.52 Å². The van der Waals surface area contributed by atoms with Crippen molar-refractivity contribution in [2.24, 2.45) is 5.73 Å². The molecule has 1 amide bonds. The molecular formula is C23H27N5O5S. The van der Waals surface area contributed by atoms with Crippen molar-refractivity contribution in [3.8, 4) is 6.07 Å². The second-order valence-corrected chi connectivity index (χ2v) is 9.86. The zero-order valence-corrected chi connectivity index (χ0v) is 19.9. The molecule has 1 aliphatic heterocycles. The molecule has 1 aliphatic rings. The molecule has 1 aromatic carbocycles. The first-order chi connectivity index (χ1) is 16.1. The van der Waals surface area contributed by atoms with Gasteiger partial charge in [0.1, 0.15) is 11.9 Å². The van der Waals surface area contributed by atoms with Gasteiger partial charge in [-0.1, -0.05) is 30.3 Å². The van der Waals surface area contributed by atoms with Gasteiger partial charge in [0.2, 0.25) is 10.0 Å². The van der Waals surface area contributed by atoms with Gasteiger partial charge in [0.25, 0.3) is 5.91 Å². The third-order valence-electron chi connectivity index (χ3n) is 5.67. The third kappa shape index (κ3) is 5.70. The normalized spacial score (nSPS) is 15.3. The topological polar surface area (TPSA) is 155 Å². The minimum Gasteiger partial charge on any atom is -0.462 e. The van der Waals surface area contributed by atoms with Crippen LogP contribution in [-0.4, -0.2) is 50.5 Å². The Bertz CT molecular complexity index is 1220. The molecule has 2 heterocycles. The van der Waals surface area contributed by atoms with Crippen LogP contribution >= 0.6 is 0 Å². The lowest BCUT2D eigenvalue weighted by molar-refractivity contribution is -0.125. The Kier molecular flexibility index (Phi) is 7.54. The van der Waals surface area contributed by atoms with Crippen molar-refractivity contribution in [2.75, 3.05) is 24.6 Å². The number of piperidine rings is 1. The fourth-order valence-electron chi connectivity index (χ4n) is 3.80. The molecule has 0 atom stereocenters. The van der Waals surface area contributed by atoms with Gasteiger partial charge in [-0.15, -0.1) is 0 Å². The number of hydrogen-bond donors (Lipinski definition) is 2. The van der Waals surface area contributed by atoms with Crippen LogP contribution in [0.15, 0.2) is 36.4 Å². The molecule has 0 spiro atoms. The largest absolute Gasteiger partial charge is 0.462 e.